The summed E-state index contributed by atoms with van der Waals surface area (Å²) in [6.45, 7) is 3.61. The Bertz CT molecular complexity index is 969. The van der Waals surface area contributed by atoms with Crippen molar-refractivity contribution in [1.82, 2.24) is 5.32 Å². The van der Waals surface area contributed by atoms with Gasteiger partial charge in [-0.15, -0.1) is 0 Å². The minimum atomic E-state index is -0.0139. The molecule has 0 saturated heterocycles. The van der Waals surface area contributed by atoms with Gasteiger partial charge in [-0.2, -0.15) is 0 Å². The van der Waals surface area contributed by atoms with Crippen LogP contribution in [0.3, 0.4) is 0 Å². The number of amides is 1. The van der Waals surface area contributed by atoms with Crippen molar-refractivity contribution in [3.8, 4) is 5.75 Å². The van der Waals surface area contributed by atoms with Crippen LogP contribution >= 0.6 is 0 Å². The number of anilines is 2. The zero-order valence-electron chi connectivity index (χ0n) is 16.0. The molecule has 1 heterocycles. The monoisotopic (exact) mass is 372 g/mol. The number of nitrogens with one attached hydrogen (secondary N) is 1. The number of carbonyl (C=O) groups excluding carboxylic acids is 1. The van der Waals surface area contributed by atoms with E-state index in [1.54, 1.807) is 0 Å². The zero-order chi connectivity index (χ0) is 19.3. The normalized spacial score (nSPS) is 12.5. The lowest BCUT2D eigenvalue weighted by molar-refractivity contribution is -0.119. The highest BCUT2D eigenvalue weighted by molar-refractivity contribution is 5.73. The van der Waals surface area contributed by atoms with Gasteiger partial charge in [-0.1, -0.05) is 42.5 Å². The molecule has 142 valence electrons. The zero-order valence-corrected chi connectivity index (χ0v) is 16.0. The Labute approximate surface area is 165 Å². The van der Waals surface area contributed by atoms with Crippen molar-refractivity contribution >= 4 is 17.3 Å². The molecule has 0 atom stereocenters. The molecular formula is C24H24N2O2. The van der Waals surface area contributed by atoms with E-state index in [9.17, 15) is 4.79 Å². The highest BCUT2D eigenvalue weighted by atomic mass is 16.5. The van der Waals surface area contributed by atoms with Crippen LogP contribution in [0.25, 0.3) is 0 Å². The van der Waals surface area contributed by atoms with Crippen molar-refractivity contribution in [3.63, 3.8) is 0 Å². The lowest BCUT2D eigenvalue weighted by atomic mass is 10.1. The Kier molecular flexibility index (Phi) is 5.29. The Morgan fingerprint density at radius 1 is 1.00 bits per heavy atom. The average Bonchev–Trinajstić information content (AvgIpc) is 3.15. The van der Waals surface area contributed by atoms with Gasteiger partial charge in [-0.3, -0.25) is 4.79 Å². The molecule has 3 aromatic carbocycles. The number of hydrogen-bond acceptors (Lipinski definition) is 3. The molecule has 0 bridgehead atoms. The molecule has 0 unspecified atom stereocenters. The lowest BCUT2D eigenvalue weighted by Gasteiger charge is -2.20. The maximum absolute atomic E-state index is 11.2. The maximum Gasteiger partial charge on any atom is 0.217 e. The van der Waals surface area contributed by atoms with Gasteiger partial charge in [0.05, 0.1) is 0 Å². The number of rotatable bonds is 6. The number of nitrogens with zero attached hydrogens (tertiary/aromatic N) is 1. The van der Waals surface area contributed by atoms with E-state index >= 15 is 0 Å². The van der Waals surface area contributed by atoms with Crippen molar-refractivity contribution in [2.75, 3.05) is 11.4 Å². The number of hydrogen-bond donors (Lipinski definition) is 1. The Morgan fingerprint density at radius 3 is 2.64 bits per heavy atom. The second kappa shape index (κ2) is 8.17. The number of fused-ring (bicyclic) bond motifs is 1. The lowest BCUT2D eigenvalue weighted by Crippen LogP contribution is -2.19. The average molecular weight is 372 g/mol. The Morgan fingerprint density at radius 2 is 1.82 bits per heavy atom. The second-order valence-electron chi connectivity index (χ2n) is 7.05. The second-order valence-corrected chi connectivity index (χ2v) is 7.05. The fraction of sp³-hybridized carbons (Fsp3) is 0.208. The van der Waals surface area contributed by atoms with Crippen LogP contribution < -0.4 is 15.0 Å². The topological polar surface area (TPSA) is 41.6 Å². The highest BCUT2D eigenvalue weighted by Crippen LogP contribution is 2.36. The van der Waals surface area contributed by atoms with Crippen LogP contribution in [0.4, 0.5) is 11.4 Å². The van der Waals surface area contributed by atoms with E-state index in [1.165, 1.54) is 23.7 Å². The molecule has 1 aliphatic heterocycles. The summed E-state index contributed by atoms with van der Waals surface area (Å²) < 4.78 is 5.97. The van der Waals surface area contributed by atoms with Gasteiger partial charge in [0.15, 0.2) is 0 Å². The van der Waals surface area contributed by atoms with Crippen LogP contribution in [0.5, 0.6) is 5.75 Å². The van der Waals surface area contributed by atoms with Gasteiger partial charge < -0.3 is 15.0 Å². The third-order valence-electron chi connectivity index (χ3n) is 4.96. The standard InChI is InChI=1S/C24H24N2O2/c1-18(27)25-16-20-8-5-9-22(14-20)26-13-12-21-15-23(10-11-24(21)26)28-17-19-6-3-2-4-7-19/h2-11,14-15H,12-13,16-17H2,1H3,(H,25,27). The van der Waals surface area contributed by atoms with Crippen molar-refractivity contribution in [2.45, 2.75) is 26.5 Å². The molecule has 3 aromatic rings. The fourth-order valence-electron chi connectivity index (χ4n) is 3.54. The summed E-state index contributed by atoms with van der Waals surface area (Å²) in [5, 5.41) is 2.86. The number of carbonyl (C=O) groups is 1. The smallest absolute Gasteiger partial charge is 0.217 e. The van der Waals surface area contributed by atoms with Gasteiger partial charge in [0, 0.05) is 31.4 Å². The molecule has 28 heavy (non-hydrogen) atoms. The van der Waals surface area contributed by atoms with E-state index in [0.717, 1.165) is 30.0 Å². The van der Waals surface area contributed by atoms with Crippen LogP contribution in [-0.4, -0.2) is 12.5 Å². The molecule has 1 N–H and O–H groups in total. The van der Waals surface area contributed by atoms with Crippen LogP contribution in [0.15, 0.2) is 72.8 Å². The minimum absolute atomic E-state index is 0.0139. The Balaban J connectivity index is 1.47. The SMILES string of the molecule is CC(=O)NCc1cccc(N2CCc3cc(OCc4ccccc4)ccc32)c1. The summed E-state index contributed by atoms with van der Waals surface area (Å²) in [6.07, 6.45) is 0.994. The first kappa shape index (κ1) is 18.1. The molecule has 4 nitrogen and oxygen atoms in total. The van der Waals surface area contributed by atoms with Gasteiger partial charge in [0.2, 0.25) is 5.91 Å². The molecule has 1 aliphatic rings. The van der Waals surface area contributed by atoms with E-state index in [0.29, 0.717) is 13.2 Å². The molecule has 0 saturated carbocycles. The quantitative estimate of drug-likeness (QED) is 0.688. The number of ether oxygens (including phenoxy) is 1. The first-order valence-corrected chi connectivity index (χ1v) is 9.59. The molecule has 4 rings (SSSR count). The summed E-state index contributed by atoms with van der Waals surface area (Å²) in [5.74, 6) is 0.892. The molecular weight excluding hydrogens is 348 g/mol. The van der Waals surface area contributed by atoms with E-state index in [-0.39, 0.29) is 5.91 Å². The molecule has 1 amide bonds. The summed E-state index contributed by atoms with van der Waals surface area (Å²) in [5.41, 5.74) is 5.95. The third-order valence-corrected chi connectivity index (χ3v) is 4.96. The van der Waals surface area contributed by atoms with E-state index < -0.39 is 0 Å². The molecule has 0 aromatic heterocycles. The van der Waals surface area contributed by atoms with Crippen molar-refractivity contribution in [1.29, 1.82) is 0 Å². The van der Waals surface area contributed by atoms with Gasteiger partial charge in [0.1, 0.15) is 12.4 Å². The molecule has 4 heteroatoms. The molecule has 0 spiro atoms. The maximum atomic E-state index is 11.2. The van der Waals surface area contributed by atoms with Gasteiger partial charge in [-0.05, 0) is 53.4 Å². The van der Waals surface area contributed by atoms with Crippen molar-refractivity contribution in [3.05, 3.63) is 89.5 Å². The fourth-order valence-corrected chi connectivity index (χ4v) is 3.54. The summed E-state index contributed by atoms with van der Waals surface area (Å²) >= 11 is 0. The minimum Gasteiger partial charge on any atom is -0.489 e. The summed E-state index contributed by atoms with van der Waals surface area (Å²) in [6, 6.07) is 24.9. The molecule has 0 radical (unpaired) electrons. The predicted octanol–water partition coefficient (Wildman–Crippen LogP) is 4.60. The van der Waals surface area contributed by atoms with Crippen molar-refractivity contribution < 1.29 is 9.53 Å². The van der Waals surface area contributed by atoms with Crippen LogP contribution in [0.1, 0.15) is 23.6 Å². The predicted molar refractivity (Wildman–Crippen MR) is 112 cm³/mol. The summed E-state index contributed by atoms with van der Waals surface area (Å²) in [7, 11) is 0. The summed E-state index contributed by atoms with van der Waals surface area (Å²) in [4.78, 5) is 13.5. The van der Waals surface area contributed by atoms with Crippen molar-refractivity contribution in [2.24, 2.45) is 0 Å². The van der Waals surface area contributed by atoms with Crippen LogP contribution in [-0.2, 0) is 24.4 Å². The first-order chi connectivity index (χ1) is 13.7. The van der Waals surface area contributed by atoms with Gasteiger partial charge in [0.25, 0.3) is 0 Å². The van der Waals surface area contributed by atoms with E-state index in [1.807, 2.05) is 36.4 Å². The van der Waals surface area contributed by atoms with Crippen LogP contribution in [0.2, 0.25) is 0 Å². The highest BCUT2D eigenvalue weighted by Gasteiger charge is 2.21. The van der Waals surface area contributed by atoms with E-state index in [2.05, 4.69) is 46.6 Å². The molecule has 0 fully saturated rings. The molecule has 0 aliphatic carbocycles. The largest absolute Gasteiger partial charge is 0.489 e. The number of benzene rings is 3. The Hall–Kier alpha value is -3.27. The van der Waals surface area contributed by atoms with Gasteiger partial charge in [-0.25, -0.2) is 0 Å². The first-order valence-electron chi connectivity index (χ1n) is 9.59. The third kappa shape index (κ3) is 4.17. The van der Waals surface area contributed by atoms with Crippen LogP contribution in [0, 0.1) is 0 Å². The van der Waals surface area contributed by atoms with E-state index in [4.69, 9.17) is 4.74 Å². The van der Waals surface area contributed by atoms with Gasteiger partial charge >= 0.3 is 0 Å².